The van der Waals surface area contributed by atoms with Crippen molar-refractivity contribution in [3.8, 4) is 0 Å². The molecule has 1 aromatic carbocycles. The minimum atomic E-state index is -0.918. The van der Waals surface area contributed by atoms with E-state index in [9.17, 15) is 14.7 Å². The summed E-state index contributed by atoms with van der Waals surface area (Å²) in [5.41, 5.74) is 0.815. The Morgan fingerprint density at radius 2 is 2.00 bits per heavy atom. The van der Waals surface area contributed by atoms with E-state index in [4.69, 9.17) is 4.74 Å². The molecule has 2 bridgehead atoms. The Kier molecular flexibility index (Phi) is 4.16. The number of hydrogen-bond acceptors (Lipinski definition) is 3. The Morgan fingerprint density at radius 3 is 2.55 bits per heavy atom. The van der Waals surface area contributed by atoms with E-state index in [0.717, 1.165) is 24.8 Å². The van der Waals surface area contributed by atoms with E-state index in [1.807, 2.05) is 30.3 Å². The second-order valence-electron chi connectivity index (χ2n) is 6.24. The third-order valence-electron chi connectivity index (χ3n) is 4.79. The second kappa shape index (κ2) is 6.08. The maximum Gasteiger partial charge on any atom is 0.308 e. The Bertz CT molecular complexity index is 559. The minimum absolute atomic E-state index is 0.00144. The molecule has 0 radical (unpaired) electrons. The molecule has 2 aliphatic heterocycles. The summed E-state index contributed by atoms with van der Waals surface area (Å²) in [4.78, 5) is 23.9. The lowest BCUT2D eigenvalue weighted by molar-refractivity contribution is -0.142. The molecule has 2 aliphatic rings. The predicted molar refractivity (Wildman–Crippen MR) is 80.1 cm³/mol. The maximum absolute atomic E-state index is 12.6. The topological polar surface area (TPSA) is 75.6 Å². The highest BCUT2D eigenvalue weighted by Crippen LogP contribution is 2.39. The number of carboxylic acids is 1. The van der Waals surface area contributed by atoms with Crippen LogP contribution in [0.3, 0.4) is 0 Å². The summed E-state index contributed by atoms with van der Waals surface area (Å²) < 4.78 is 5.72. The molecule has 1 amide bonds. The highest BCUT2D eigenvalue weighted by atomic mass is 16.5. The zero-order chi connectivity index (χ0) is 15.7. The zero-order valence-corrected chi connectivity index (χ0v) is 12.6. The first-order chi connectivity index (χ1) is 10.6. The number of ether oxygens (including phenoxy) is 1. The number of fused-ring (bicyclic) bond motifs is 2. The standard InChI is InChI=1S/C17H21NO4/c1-10(17(20)21)15(11-5-3-2-4-6-11)18-16(19)13-9-12-7-8-14(13)22-12/h2-6,10,12-15H,7-9H2,1H3,(H,18,19)(H,20,21). The molecule has 5 unspecified atom stereocenters. The van der Waals surface area contributed by atoms with E-state index in [1.54, 1.807) is 6.92 Å². The van der Waals surface area contributed by atoms with Gasteiger partial charge in [0.25, 0.3) is 0 Å². The lowest BCUT2D eigenvalue weighted by Crippen LogP contribution is -2.41. The maximum atomic E-state index is 12.6. The van der Waals surface area contributed by atoms with Crippen molar-refractivity contribution >= 4 is 11.9 Å². The summed E-state index contributed by atoms with van der Waals surface area (Å²) in [6.07, 6.45) is 2.91. The van der Waals surface area contributed by atoms with Crippen LogP contribution in [0, 0.1) is 11.8 Å². The van der Waals surface area contributed by atoms with Crippen molar-refractivity contribution in [2.45, 2.75) is 44.4 Å². The van der Waals surface area contributed by atoms with Crippen LogP contribution in [0.15, 0.2) is 30.3 Å². The largest absolute Gasteiger partial charge is 0.481 e. The normalized spacial score (nSPS) is 29.0. The Morgan fingerprint density at radius 1 is 1.27 bits per heavy atom. The number of carbonyl (C=O) groups excluding carboxylic acids is 1. The molecule has 3 rings (SSSR count). The van der Waals surface area contributed by atoms with Crippen LogP contribution >= 0.6 is 0 Å². The van der Waals surface area contributed by atoms with Crippen molar-refractivity contribution in [1.82, 2.24) is 5.32 Å². The summed E-state index contributed by atoms with van der Waals surface area (Å²) in [5.74, 6) is -1.84. The van der Waals surface area contributed by atoms with Crippen molar-refractivity contribution in [3.63, 3.8) is 0 Å². The van der Waals surface area contributed by atoms with E-state index in [0.29, 0.717) is 0 Å². The van der Waals surface area contributed by atoms with Gasteiger partial charge < -0.3 is 15.2 Å². The molecule has 5 heteroatoms. The number of rotatable bonds is 5. The van der Waals surface area contributed by atoms with Crippen LogP contribution in [0.4, 0.5) is 0 Å². The summed E-state index contributed by atoms with van der Waals surface area (Å²) in [7, 11) is 0. The summed E-state index contributed by atoms with van der Waals surface area (Å²) in [5, 5.41) is 12.3. The molecular weight excluding hydrogens is 282 g/mol. The van der Waals surface area contributed by atoms with Gasteiger partial charge in [0.15, 0.2) is 0 Å². The number of hydrogen-bond donors (Lipinski definition) is 2. The smallest absolute Gasteiger partial charge is 0.308 e. The second-order valence-corrected chi connectivity index (χ2v) is 6.24. The van der Waals surface area contributed by atoms with Gasteiger partial charge in [0.05, 0.1) is 30.1 Å². The molecule has 2 heterocycles. The van der Waals surface area contributed by atoms with Gasteiger partial charge in [-0.15, -0.1) is 0 Å². The average molecular weight is 303 g/mol. The summed E-state index contributed by atoms with van der Waals surface area (Å²) >= 11 is 0. The number of carbonyl (C=O) groups is 2. The van der Waals surface area contributed by atoms with Crippen LogP contribution in [0.2, 0.25) is 0 Å². The molecule has 2 N–H and O–H groups in total. The molecule has 0 aromatic heterocycles. The van der Waals surface area contributed by atoms with Crippen LogP contribution in [0.5, 0.6) is 0 Å². The van der Waals surface area contributed by atoms with E-state index in [1.165, 1.54) is 0 Å². The first-order valence-electron chi connectivity index (χ1n) is 7.80. The lowest BCUT2D eigenvalue weighted by atomic mass is 9.87. The molecule has 0 saturated carbocycles. The average Bonchev–Trinajstić information content (AvgIpc) is 3.15. The molecule has 0 spiro atoms. The lowest BCUT2D eigenvalue weighted by Gasteiger charge is -2.26. The van der Waals surface area contributed by atoms with E-state index < -0.39 is 17.9 Å². The van der Waals surface area contributed by atoms with Gasteiger partial charge in [0, 0.05) is 0 Å². The first-order valence-corrected chi connectivity index (χ1v) is 7.80. The van der Waals surface area contributed by atoms with Gasteiger partial charge >= 0.3 is 5.97 Å². The molecule has 118 valence electrons. The van der Waals surface area contributed by atoms with Gasteiger partial charge in [-0.3, -0.25) is 9.59 Å². The molecule has 2 fully saturated rings. The highest BCUT2D eigenvalue weighted by Gasteiger charge is 2.45. The Labute approximate surface area is 129 Å². The summed E-state index contributed by atoms with van der Waals surface area (Å²) in [6, 6.07) is 8.75. The van der Waals surface area contributed by atoms with Crippen molar-refractivity contribution in [3.05, 3.63) is 35.9 Å². The van der Waals surface area contributed by atoms with Gasteiger partial charge in [-0.25, -0.2) is 0 Å². The van der Waals surface area contributed by atoms with Gasteiger partial charge in [0.2, 0.25) is 5.91 Å². The fourth-order valence-electron chi connectivity index (χ4n) is 3.47. The first kappa shape index (κ1) is 15.0. The number of amides is 1. The minimum Gasteiger partial charge on any atom is -0.481 e. The molecule has 0 aliphatic carbocycles. The highest BCUT2D eigenvalue weighted by molar-refractivity contribution is 5.81. The zero-order valence-electron chi connectivity index (χ0n) is 12.6. The van der Waals surface area contributed by atoms with Crippen LogP contribution in [-0.2, 0) is 14.3 Å². The SMILES string of the molecule is CC(C(=O)O)C(NC(=O)C1CC2CCC1O2)c1ccccc1. The Hall–Kier alpha value is -1.88. The monoisotopic (exact) mass is 303 g/mol. The van der Waals surface area contributed by atoms with Gasteiger partial charge in [-0.05, 0) is 31.7 Å². The van der Waals surface area contributed by atoms with Crippen molar-refractivity contribution < 1.29 is 19.4 Å². The van der Waals surface area contributed by atoms with Crippen molar-refractivity contribution in [2.24, 2.45) is 11.8 Å². The van der Waals surface area contributed by atoms with Gasteiger partial charge in [-0.1, -0.05) is 30.3 Å². The number of carboxylic acid groups (broad SMARTS) is 1. The number of nitrogens with one attached hydrogen (secondary N) is 1. The van der Waals surface area contributed by atoms with Crippen molar-refractivity contribution in [2.75, 3.05) is 0 Å². The fourth-order valence-corrected chi connectivity index (χ4v) is 3.47. The van der Waals surface area contributed by atoms with E-state index in [2.05, 4.69) is 5.32 Å². The van der Waals surface area contributed by atoms with Gasteiger partial charge in [0.1, 0.15) is 0 Å². The number of aliphatic carboxylic acids is 1. The van der Waals surface area contributed by atoms with Crippen LogP contribution in [0.1, 0.15) is 37.8 Å². The molecule has 2 saturated heterocycles. The van der Waals surface area contributed by atoms with E-state index in [-0.39, 0.29) is 24.0 Å². The third-order valence-corrected chi connectivity index (χ3v) is 4.79. The summed E-state index contributed by atoms with van der Waals surface area (Å²) in [6.45, 7) is 1.62. The van der Waals surface area contributed by atoms with Crippen molar-refractivity contribution in [1.29, 1.82) is 0 Å². The molecule has 5 atom stereocenters. The van der Waals surface area contributed by atoms with Crippen LogP contribution < -0.4 is 5.32 Å². The molecule has 5 nitrogen and oxygen atoms in total. The molecular formula is C17H21NO4. The van der Waals surface area contributed by atoms with E-state index >= 15 is 0 Å². The molecule has 22 heavy (non-hydrogen) atoms. The number of benzene rings is 1. The Balaban J connectivity index is 1.75. The fraction of sp³-hybridized carbons (Fsp3) is 0.529. The van der Waals surface area contributed by atoms with Gasteiger partial charge in [-0.2, -0.15) is 0 Å². The predicted octanol–water partition coefficient (Wildman–Crippen LogP) is 2.13. The quantitative estimate of drug-likeness (QED) is 0.874. The third kappa shape index (κ3) is 2.86. The molecule has 1 aromatic rings. The van der Waals surface area contributed by atoms with Crippen LogP contribution in [0.25, 0.3) is 0 Å². The van der Waals surface area contributed by atoms with Crippen LogP contribution in [-0.4, -0.2) is 29.2 Å².